The largest absolute Gasteiger partial charge is 0.393 e. The monoisotopic (exact) mass is 440 g/mol. The van der Waals surface area contributed by atoms with Crippen molar-refractivity contribution in [1.29, 1.82) is 0 Å². The minimum Gasteiger partial charge on any atom is -0.393 e. The van der Waals surface area contributed by atoms with Gasteiger partial charge in [-0.05, 0) is 110 Å². The second-order valence-electron chi connectivity index (χ2n) is 14.1. The molecule has 0 aromatic carbocycles. The number of hydrogen-bond donors (Lipinski definition) is 1. The third-order valence-corrected chi connectivity index (χ3v) is 12.2. The normalized spacial score (nSPS) is 44.1. The lowest BCUT2D eigenvalue weighted by atomic mass is 9.43. The molecule has 0 spiro atoms. The Labute approximate surface area is 199 Å². The number of hydrogen-bond acceptors (Lipinski definition) is 1. The molecule has 0 amide bonds. The van der Waals surface area contributed by atoms with Gasteiger partial charge in [0, 0.05) is 0 Å². The summed E-state index contributed by atoms with van der Waals surface area (Å²) in [6.07, 6.45) is 12.6. The Hall–Kier alpha value is -0.560. The van der Waals surface area contributed by atoms with Gasteiger partial charge in [0.15, 0.2) is 0 Å². The van der Waals surface area contributed by atoms with Crippen molar-refractivity contribution in [2.45, 2.75) is 126 Å². The van der Waals surface area contributed by atoms with Crippen LogP contribution in [0.15, 0.2) is 23.3 Å². The summed E-state index contributed by atoms with van der Waals surface area (Å²) in [5.74, 6) is 2.87. The van der Waals surface area contributed by atoms with Gasteiger partial charge < -0.3 is 5.11 Å². The highest BCUT2D eigenvalue weighted by Gasteiger charge is 2.63. The molecule has 1 nitrogen and oxygen atoms in total. The highest BCUT2D eigenvalue weighted by atomic mass is 16.3. The van der Waals surface area contributed by atoms with E-state index in [1.807, 2.05) is 11.1 Å². The zero-order chi connectivity index (χ0) is 23.7. The van der Waals surface area contributed by atoms with Crippen molar-refractivity contribution in [1.82, 2.24) is 0 Å². The minimum atomic E-state index is -0.135. The molecule has 2 saturated carbocycles. The molecule has 0 bridgehead atoms. The summed E-state index contributed by atoms with van der Waals surface area (Å²) in [6.45, 7) is 24.1. The second-order valence-corrected chi connectivity index (χ2v) is 14.1. The maximum absolute atomic E-state index is 10.8. The molecule has 0 saturated heterocycles. The van der Waals surface area contributed by atoms with Crippen molar-refractivity contribution >= 4 is 0 Å². The first-order valence-corrected chi connectivity index (χ1v) is 13.9. The van der Waals surface area contributed by atoms with Crippen LogP contribution in [0.3, 0.4) is 0 Å². The quantitative estimate of drug-likeness (QED) is 0.424. The lowest BCUT2D eigenvalue weighted by Gasteiger charge is -2.62. The van der Waals surface area contributed by atoms with Crippen molar-refractivity contribution in [2.75, 3.05) is 0 Å². The summed E-state index contributed by atoms with van der Waals surface area (Å²) in [5.41, 5.74) is 6.32. The van der Waals surface area contributed by atoms with Crippen LogP contribution in [0.5, 0.6) is 0 Å². The first-order chi connectivity index (χ1) is 14.8. The summed E-state index contributed by atoms with van der Waals surface area (Å²) in [6, 6.07) is 0. The van der Waals surface area contributed by atoms with Crippen LogP contribution in [0.2, 0.25) is 0 Å². The van der Waals surface area contributed by atoms with E-state index in [1.165, 1.54) is 63.4 Å². The standard InChI is InChI=1S/C31H52O/c1-20(2)21(3)10-11-22(4)23-14-18-31(9)25-12-13-26-28(5,6)27(32)16-17-29(26,7)24(25)15-19-30(23,31)8/h20,22-23,26-27,32H,3,10-19H2,1-2,4-9H3/t22-,23?,26?,27-,29+,30?,31+/m0/s1. The van der Waals surface area contributed by atoms with Gasteiger partial charge in [0.2, 0.25) is 0 Å². The first-order valence-electron chi connectivity index (χ1n) is 13.9. The smallest absolute Gasteiger partial charge is 0.0594 e. The number of aliphatic hydroxyl groups excluding tert-OH is 1. The Kier molecular flexibility index (Phi) is 6.14. The number of allylic oxidation sites excluding steroid dienone is 3. The summed E-state index contributed by atoms with van der Waals surface area (Å²) in [7, 11) is 0. The molecule has 1 N–H and O–H groups in total. The third-order valence-electron chi connectivity index (χ3n) is 12.2. The van der Waals surface area contributed by atoms with Gasteiger partial charge in [0.25, 0.3) is 0 Å². The van der Waals surface area contributed by atoms with Gasteiger partial charge in [0.05, 0.1) is 6.10 Å². The van der Waals surface area contributed by atoms with Gasteiger partial charge in [-0.3, -0.25) is 0 Å². The Morgan fingerprint density at radius 2 is 1.62 bits per heavy atom. The van der Waals surface area contributed by atoms with E-state index in [0.717, 1.165) is 18.3 Å². The molecule has 0 aromatic heterocycles. The van der Waals surface area contributed by atoms with Gasteiger partial charge in [-0.2, -0.15) is 0 Å². The van der Waals surface area contributed by atoms with Gasteiger partial charge in [0.1, 0.15) is 0 Å². The molecular weight excluding hydrogens is 388 g/mol. The van der Waals surface area contributed by atoms with E-state index in [4.69, 9.17) is 0 Å². The second kappa shape index (κ2) is 8.00. The van der Waals surface area contributed by atoms with Crippen molar-refractivity contribution in [3.05, 3.63) is 23.3 Å². The molecular formula is C31H52O. The number of fused-ring (bicyclic) bond motifs is 4. The maximum atomic E-state index is 10.8. The highest BCUT2D eigenvalue weighted by Crippen LogP contribution is 2.72. The van der Waals surface area contributed by atoms with E-state index in [2.05, 4.69) is 62.0 Å². The fraction of sp³-hybridized carbons (Fsp3) is 0.871. The van der Waals surface area contributed by atoms with E-state index >= 15 is 0 Å². The van der Waals surface area contributed by atoms with Gasteiger partial charge in [-0.1, -0.05) is 78.7 Å². The van der Waals surface area contributed by atoms with Crippen molar-refractivity contribution in [2.24, 2.45) is 45.3 Å². The third kappa shape index (κ3) is 3.34. The molecule has 7 atom stereocenters. The van der Waals surface area contributed by atoms with Gasteiger partial charge in [-0.15, -0.1) is 0 Å². The topological polar surface area (TPSA) is 20.2 Å². The average Bonchev–Trinajstić information content (AvgIpc) is 3.00. The maximum Gasteiger partial charge on any atom is 0.0594 e. The SMILES string of the molecule is C=C(CC[C@H](C)C1CC[C@]2(C)C3=C(CCC12C)[C@@]1(C)CC[C@H](O)C(C)(C)C1CC3)C(C)C. The van der Waals surface area contributed by atoms with Crippen LogP contribution < -0.4 is 0 Å². The van der Waals surface area contributed by atoms with Crippen LogP contribution >= 0.6 is 0 Å². The van der Waals surface area contributed by atoms with Crippen LogP contribution in [0.1, 0.15) is 120 Å². The van der Waals surface area contributed by atoms with E-state index in [1.54, 1.807) is 0 Å². The molecule has 3 unspecified atom stereocenters. The molecule has 32 heavy (non-hydrogen) atoms. The molecule has 1 heteroatoms. The Morgan fingerprint density at radius 1 is 0.938 bits per heavy atom. The average molecular weight is 441 g/mol. The zero-order valence-electron chi connectivity index (χ0n) is 22.6. The van der Waals surface area contributed by atoms with Crippen LogP contribution in [0.25, 0.3) is 0 Å². The fourth-order valence-electron chi connectivity index (χ4n) is 9.53. The Bertz CT molecular complexity index is 786. The Balaban J connectivity index is 1.62. The first kappa shape index (κ1) is 24.6. The molecule has 0 aliphatic heterocycles. The Morgan fingerprint density at radius 3 is 2.28 bits per heavy atom. The summed E-state index contributed by atoms with van der Waals surface area (Å²) >= 11 is 0. The van der Waals surface area contributed by atoms with E-state index < -0.39 is 0 Å². The van der Waals surface area contributed by atoms with Crippen LogP contribution in [-0.2, 0) is 0 Å². The predicted octanol–water partition coefficient (Wildman–Crippen LogP) is 8.73. The van der Waals surface area contributed by atoms with Crippen LogP contribution in [-0.4, -0.2) is 11.2 Å². The van der Waals surface area contributed by atoms with E-state index in [-0.39, 0.29) is 11.5 Å². The van der Waals surface area contributed by atoms with Gasteiger partial charge in [-0.25, -0.2) is 0 Å². The molecule has 0 aromatic rings. The van der Waals surface area contributed by atoms with E-state index in [9.17, 15) is 5.11 Å². The summed E-state index contributed by atoms with van der Waals surface area (Å²) in [4.78, 5) is 0. The van der Waals surface area contributed by atoms with Crippen LogP contribution in [0, 0.1) is 45.3 Å². The molecule has 0 heterocycles. The zero-order valence-corrected chi connectivity index (χ0v) is 22.6. The predicted molar refractivity (Wildman–Crippen MR) is 137 cm³/mol. The van der Waals surface area contributed by atoms with Gasteiger partial charge >= 0.3 is 0 Å². The molecule has 4 aliphatic carbocycles. The van der Waals surface area contributed by atoms with Crippen molar-refractivity contribution < 1.29 is 5.11 Å². The molecule has 4 aliphatic rings. The number of rotatable bonds is 5. The molecule has 182 valence electrons. The molecule has 2 fully saturated rings. The van der Waals surface area contributed by atoms with Crippen LogP contribution in [0.4, 0.5) is 0 Å². The fourth-order valence-corrected chi connectivity index (χ4v) is 9.53. The van der Waals surface area contributed by atoms with Crippen molar-refractivity contribution in [3.63, 3.8) is 0 Å². The van der Waals surface area contributed by atoms with E-state index in [0.29, 0.717) is 28.1 Å². The lowest BCUT2D eigenvalue weighted by molar-refractivity contribution is -0.0962. The van der Waals surface area contributed by atoms with Crippen molar-refractivity contribution in [3.8, 4) is 0 Å². The number of aliphatic hydroxyl groups is 1. The summed E-state index contributed by atoms with van der Waals surface area (Å²) < 4.78 is 0. The molecule has 0 radical (unpaired) electrons. The highest BCUT2D eigenvalue weighted by molar-refractivity contribution is 5.38. The molecule has 4 rings (SSSR count). The summed E-state index contributed by atoms with van der Waals surface area (Å²) in [5, 5.41) is 10.8. The lowest BCUT2D eigenvalue weighted by Crippen LogP contribution is -2.55. The minimum absolute atomic E-state index is 0.0404.